The van der Waals surface area contributed by atoms with Gasteiger partial charge in [0.25, 0.3) is 0 Å². The maximum atomic E-state index is 11.8. The highest BCUT2D eigenvalue weighted by Crippen LogP contribution is 2.65. The summed E-state index contributed by atoms with van der Waals surface area (Å²) < 4.78 is 19.1. The molecule has 0 radical (unpaired) electrons. The van der Waals surface area contributed by atoms with E-state index in [0.717, 1.165) is 10.9 Å². The summed E-state index contributed by atoms with van der Waals surface area (Å²) in [6.45, 7) is 3.71. The first-order valence-electron chi connectivity index (χ1n) is 13.3. The molecular weight excluding hydrogens is 524 g/mol. The topological polar surface area (TPSA) is 138 Å². The van der Waals surface area contributed by atoms with E-state index in [9.17, 15) is 25.4 Å². The number of aliphatic hydroxyl groups is 1. The van der Waals surface area contributed by atoms with Gasteiger partial charge in [0.2, 0.25) is 11.8 Å². The minimum Gasteiger partial charge on any atom is -0.494 e. The molecule has 206 valence electrons. The number of nitriles is 1. The summed E-state index contributed by atoms with van der Waals surface area (Å²) in [5.74, 6) is 0.0816. The van der Waals surface area contributed by atoms with Crippen LogP contribution in [0.2, 0.25) is 0 Å². The number of benzene rings is 3. The maximum absolute atomic E-state index is 11.8. The first-order valence-corrected chi connectivity index (χ1v) is 13.3. The van der Waals surface area contributed by atoms with E-state index in [4.69, 9.17) is 13.9 Å². The van der Waals surface area contributed by atoms with E-state index in [0.29, 0.717) is 44.5 Å². The number of hydrogen-bond donors (Lipinski definition) is 3. The van der Waals surface area contributed by atoms with Gasteiger partial charge < -0.3 is 29.2 Å². The fraction of sp³-hybridized carbons (Fsp3) is 0.250. The van der Waals surface area contributed by atoms with Gasteiger partial charge in [0.1, 0.15) is 22.5 Å². The van der Waals surface area contributed by atoms with Crippen molar-refractivity contribution in [3.8, 4) is 29.3 Å². The van der Waals surface area contributed by atoms with Gasteiger partial charge in [0, 0.05) is 41.1 Å². The third-order valence-corrected chi connectivity index (χ3v) is 8.60. The summed E-state index contributed by atoms with van der Waals surface area (Å²) in [5, 5.41) is 46.0. The molecule has 9 heteroatoms. The number of ether oxygens (including phenoxy) is 2. The van der Waals surface area contributed by atoms with Crippen molar-refractivity contribution in [2.45, 2.75) is 44.0 Å². The molecule has 0 aliphatic carbocycles. The molecule has 4 heterocycles. The van der Waals surface area contributed by atoms with E-state index in [2.05, 4.69) is 6.07 Å². The average molecular weight is 551 g/mol. The minimum absolute atomic E-state index is 0.162. The molecule has 3 N–H and O–H groups in total. The molecule has 3 aromatic carbocycles. The van der Waals surface area contributed by atoms with Gasteiger partial charge in [0.15, 0.2) is 0 Å². The summed E-state index contributed by atoms with van der Waals surface area (Å²) in [6.07, 6.45) is -0.448. The quantitative estimate of drug-likeness (QED) is 0.260. The second-order valence-electron chi connectivity index (χ2n) is 11.0. The van der Waals surface area contributed by atoms with Crippen LogP contribution >= 0.6 is 0 Å². The number of hydrogen-bond acceptors (Lipinski definition) is 8. The van der Waals surface area contributed by atoms with Crippen molar-refractivity contribution in [3.63, 3.8) is 0 Å². The predicted octanol–water partition coefficient (Wildman–Crippen LogP) is 5.00. The van der Waals surface area contributed by atoms with Crippen LogP contribution in [-0.4, -0.2) is 32.6 Å². The summed E-state index contributed by atoms with van der Waals surface area (Å²) in [5.41, 5.74) is 0.169. The van der Waals surface area contributed by atoms with E-state index in [1.54, 1.807) is 31.2 Å². The van der Waals surface area contributed by atoms with Gasteiger partial charge in [-0.3, -0.25) is 4.57 Å². The van der Waals surface area contributed by atoms with Crippen LogP contribution in [-0.2, 0) is 15.9 Å². The van der Waals surface area contributed by atoms with Gasteiger partial charge in [-0.25, -0.2) is 4.79 Å². The van der Waals surface area contributed by atoms with Crippen LogP contribution in [0.5, 0.6) is 17.5 Å². The van der Waals surface area contributed by atoms with Crippen LogP contribution in [0.15, 0.2) is 69.9 Å². The Morgan fingerprint density at radius 1 is 1.05 bits per heavy atom. The smallest absolute Gasteiger partial charge is 0.336 e. The summed E-state index contributed by atoms with van der Waals surface area (Å²) in [4.78, 5) is 11.8. The first kappa shape index (κ1) is 25.2. The fourth-order valence-electron chi connectivity index (χ4n) is 6.65. The van der Waals surface area contributed by atoms with Gasteiger partial charge in [-0.15, -0.1) is 0 Å². The molecule has 5 aromatic rings. The molecule has 2 aromatic heterocycles. The minimum atomic E-state index is -1.24. The van der Waals surface area contributed by atoms with Crippen LogP contribution in [0.1, 0.15) is 42.0 Å². The Kier molecular flexibility index (Phi) is 5.29. The number of aliphatic hydroxyl groups excluding tert-OH is 1. The lowest BCUT2D eigenvalue weighted by atomic mass is 9.76. The van der Waals surface area contributed by atoms with E-state index in [1.165, 1.54) is 10.6 Å². The van der Waals surface area contributed by atoms with Crippen LogP contribution in [0, 0.1) is 18.3 Å². The molecule has 2 aliphatic rings. The molecule has 1 unspecified atom stereocenters. The highest BCUT2D eigenvalue weighted by Gasteiger charge is 2.66. The zero-order valence-corrected chi connectivity index (χ0v) is 22.3. The van der Waals surface area contributed by atoms with Crippen molar-refractivity contribution in [1.82, 2.24) is 4.57 Å². The van der Waals surface area contributed by atoms with E-state index in [1.807, 2.05) is 37.3 Å². The van der Waals surface area contributed by atoms with E-state index < -0.39 is 22.9 Å². The Hall–Kier alpha value is -4.78. The molecule has 0 amide bonds. The number of aryl methyl sites for hydroxylation is 1. The number of rotatable bonds is 5. The molecule has 9 nitrogen and oxygen atoms in total. The second kappa shape index (κ2) is 8.61. The predicted molar refractivity (Wildman–Crippen MR) is 149 cm³/mol. The van der Waals surface area contributed by atoms with Gasteiger partial charge in [-0.1, -0.05) is 24.3 Å². The van der Waals surface area contributed by atoms with Gasteiger partial charge in [-0.2, -0.15) is 5.26 Å². The standard InChI is InChI=1S/C32H26N2O7/c1-17-13-26(36)40-24-14-19(8-9-20(17)24)39-12-11-32-15-25(35)31(2,41-32)27-28(32)30(38)34(29(27)37)23-10-7-18(16-33)21-5-3-4-6-22(21)23/h3-10,13-14,25,35,37-38H,11-12,15H2,1-2H3/t25?,31-,32+/m0/s1. The number of nitrogens with zero attached hydrogens (tertiary/aromatic N) is 2. The molecule has 1 saturated heterocycles. The highest BCUT2D eigenvalue weighted by molar-refractivity contribution is 5.95. The molecule has 2 aliphatic heterocycles. The van der Waals surface area contributed by atoms with Crippen molar-refractivity contribution >= 4 is 21.7 Å². The molecule has 2 bridgehead atoms. The van der Waals surface area contributed by atoms with E-state index >= 15 is 0 Å². The third-order valence-electron chi connectivity index (χ3n) is 8.60. The zero-order valence-electron chi connectivity index (χ0n) is 22.3. The highest BCUT2D eigenvalue weighted by atomic mass is 16.6. The molecule has 0 saturated carbocycles. The van der Waals surface area contributed by atoms with Gasteiger partial charge in [0.05, 0.1) is 41.2 Å². The van der Waals surface area contributed by atoms with Crippen LogP contribution in [0.3, 0.4) is 0 Å². The van der Waals surface area contributed by atoms with Gasteiger partial charge in [-0.05, 0) is 43.7 Å². The normalized spacial score (nSPS) is 22.7. The maximum Gasteiger partial charge on any atom is 0.336 e. The van der Waals surface area contributed by atoms with Crippen molar-refractivity contribution < 1.29 is 29.2 Å². The summed E-state index contributed by atoms with van der Waals surface area (Å²) >= 11 is 0. The number of aromatic hydroxyl groups is 2. The largest absolute Gasteiger partial charge is 0.494 e. The monoisotopic (exact) mass is 550 g/mol. The first-order chi connectivity index (χ1) is 19.7. The Balaban J connectivity index is 1.27. The second-order valence-corrected chi connectivity index (χ2v) is 11.0. The SMILES string of the molecule is Cc1cc(=O)oc2cc(OCC[C@]34CC(O)[C@](C)(O3)c3c4c(O)n(-c4ccc(C#N)c5ccccc45)c3O)ccc12. The molecule has 1 fully saturated rings. The molecular formula is C32H26N2O7. The van der Waals surface area contributed by atoms with Crippen molar-refractivity contribution in [1.29, 1.82) is 5.26 Å². The molecule has 0 spiro atoms. The molecule has 3 atom stereocenters. The van der Waals surface area contributed by atoms with Crippen molar-refractivity contribution in [2.24, 2.45) is 0 Å². The van der Waals surface area contributed by atoms with Crippen molar-refractivity contribution in [3.05, 3.63) is 93.3 Å². The Morgan fingerprint density at radius 2 is 1.80 bits per heavy atom. The van der Waals surface area contributed by atoms with Crippen LogP contribution in [0.25, 0.3) is 27.4 Å². The average Bonchev–Trinajstić information content (AvgIpc) is 3.48. The van der Waals surface area contributed by atoms with E-state index in [-0.39, 0.29) is 31.2 Å². The summed E-state index contributed by atoms with van der Waals surface area (Å²) in [7, 11) is 0. The Bertz CT molecular complexity index is 2000. The lowest BCUT2D eigenvalue weighted by Gasteiger charge is -2.26. The third kappa shape index (κ3) is 3.44. The molecule has 7 rings (SSSR count). The van der Waals surface area contributed by atoms with Crippen molar-refractivity contribution in [2.75, 3.05) is 6.61 Å². The Morgan fingerprint density at radius 3 is 2.59 bits per heavy atom. The number of aromatic nitrogens is 1. The van der Waals surface area contributed by atoms with Crippen LogP contribution in [0.4, 0.5) is 0 Å². The zero-order chi connectivity index (χ0) is 28.7. The van der Waals surface area contributed by atoms with Crippen LogP contribution < -0.4 is 10.4 Å². The summed E-state index contributed by atoms with van der Waals surface area (Å²) in [6, 6.07) is 19.5. The number of fused-ring (bicyclic) bond motifs is 7. The van der Waals surface area contributed by atoms with Gasteiger partial charge >= 0.3 is 5.63 Å². The fourth-order valence-corrected chi connectivity index (χ4v) is 6.65. The lowest BCUT2D eigenvalue weighted by Crippen LogP contribution is -2.33. The molecule has 41 heavy (non-hydrogen) atoms. The lowest BCUT2D eigenvalue weighted by molar-refractivity contribution is -0.107. The Labute approximate surface area is 234 Å².